The second-order valence-electron chi connectivity index (χ2n) is 4.65. The van der Waals surface area contributed by atoms with Crippen LogP contribution in [0.4, 0.5) is 0 Å². The van der Waals surface area contributed by atoms with E-state index in [-0.39, 0.29) is 0 Å². The number of hydrogen-bond acceptors (Lipinski definition) is 2. The monoisotopic (exact) mass is 234 g/mol. The predicted molar refractivity (Wildman–Crippen MR) is 70.0 cm³/mol. The first-order valence-corrected chi connectivity index (χ1v) is 6.74. The molecule has 1 aliphatic heterocycles. The fourth-order valence-corrected chi connectivity index (χ4v) is 2.39. The summed E-state index contributed by atoms with van der Waals surface area (Å²) in [7, 11) is 0. The van der Waals surface area contributed by atoms with E-state index >= 15 is 0 Å². The third kappa shape index (κ3) is 2.93. The molecule has 0 aromatic heterocycles. The summed E-state index contributed by atoms with van der Waals surface area (Å²) in [5.74, 6) is 2.48. The lowest BCUT2D eigenvalue weighted by molar-refractivity contribution is 0.297. The Morgan fingerprint density at radius 3 is 2.59 bits per heavy atom. The van der Waals surface area contributed by atoms with Gasteiger partial charge in [0.05, 0.1) is 13.2 Å². The second kappa shape index (κ2) is 5.95. The smallest absolute Gasteiger partial charge is 0.161 e. The van der Waals surface area contributed by atoms with Gasteiger partial charge in [-0.1, -0.05) is 26.3 Å². The molecule has 2 nitrogen and oxygen atoms in total. The SMILES string of the molecule is CCCC(CC)c1ccc2c(c1)OCCCO2. The summed E-state index contributed by atoms with van der Waals surface area (Å²) in [6.45, 7) is 6.02. The third-order valence-electron chi connectivity index (χ3n) is 3.37. The van der Waals surface area contributed by atoms with Gasteiger partial charge in [-0.25, -0.2) is 0 Å². The fraction of sp³-hybridized carbons (Fsp3) is 0.600. The minimum atomic E-state index is 0.650. The van der Waals surface area contributed by atoms with Crippen molar-refractivity contribution in [2.45, 2.75) is 45.4 Å². The first-order valence-electron chi connectivity index (χ1n) is 6.74. The zero-order valence-electron chi connectivity index (χ0n) is 10.9. The van der Waals surface area contributed by atoms with E-state index in [1.54, 1.807) is 0 Å². The molecule has 1 unspecified atom stereocenters. The average molecular weight is 234 g/mol. The van der Waals surface area contributed by atoms with Crippen molar-refractivity contribution in [2.75, 3.05) is 13.2 Å². The van der Waals surface area contributed by atoms with Gasteiger partial charge in [-0.3, -0.25) is 0 Å². The van der Waals surface area contributed by atoms with E-state index in [4.69, 9.17) is 9.47 Å². The molecule has 1 atom stereocenters. The second-order valence-corrected chi connectivity index (χ2v) is 4.65. The van der Waals surface area contributed by atoms with E-state index in [1.165, 1.54) is 24.8 Å². The maximum absolute atomic E-state index is 5.74. The quantitative estimate of drug-likeness (QED) is 0.779. The van der Waals surface area contributed by atoms with Crippen LogP contribution in [0.25, 0.3) is 0 Å². The van der Waals surface area contributed by atoms with Gasteiger partial charge in [-0.15, -0.1) is 0 Å². The topological polar surface area (TPSA) is 18.5 Å². The van der Waals surface area contributed by atoms with Crippen LogP contribution in [0.5, 0.6) is 11.5 Å². The van der Waals surface area contributed by atoms with Crippen molar-refractivity contribution >= 4 is 0 Å². The summed E-state index contributed by atoms with van der Waals surface area (Å²) in [5, 5.41) is 0. The van der Waals surface area contributed by atoms with Crippen molar-refractivity contribution in [3.05, 3.63) is 23.8 Å². The fourth-order valence-electron chi connectivity index (χ4n) is 2.39. The Bertz CT molecular complexity index is 360. The van der Waals surface area contributed by atoms with Gasteiger partial charge in [0, 0.05) is 6.42 Å². The zero-order valence-corrected chi connectivity index (χ0v) is 10.9. The van der Waals surface area contributed by atoms with E-state index in [0.717, 1.165) is 31.1 Å². The molecular weight excluding hydrogens is 212 g/mol. The average Bonchev–Trinajstić information content (AvgIpc) is 2.60. The highest BCUT2D eigenvalue weighted by Gasteiger charge is 2.14. The summed E-state index contributed by atoms with van der Waals surface area (Å²) in [4.78, 5) is 0. The van der Waals surface area contributed by atoms with Gasteiger partial charge in [-0.2, -0.15) is 0 Å². The van der Waals surface area contributed by atoms with Crippen LogP contribution >= 0.6 is 0 Å². The Labute approximate surface area is 104 Å². The highest BCUT2D eigenvalue weighted by Crippen LogP contribution is 2.34. The first-order chi connectivity index (χ1) is 8.35. The number of hydrogen-bond donors (Lipinski definition) is 0. The summed E-state index contributed by atoms with van der Waals surface area (Å²) < 4.78 is 11.4. The van der Waals surface area contributed by atoms with Gasteiger partial charge < -0.3 is 9.47 Å². The van der Waals surface area contributed by atoms with Crippen LogP contribution in [0.1, 0.15) is 51.0 Å². The molecule has 17 heavy (non-hydrogen) atoms. The number of rotatable bonds is 4. The molecular formula is C15H22O2. The number of benzene rings is 1. The molecule has 2 heteroatoms. The van der Waals surface area contributed by atoms with Crippen molar-refractivity contribution in [1.29, 1.82) is 0 Å². The van der Waals surface area contributed by atoms with E-state index in [2.05, 4.69) is 32.0 Å². The lowest BCUT2D eigenvalue weighted by Crippen LogP contribution is -1.99. The van der Waals surface area contributed by atoms with Crippen LogP contribution in [-0.4, -0.2) is 13.2 Å². The van der Waals surface area contributed by atoms with Crippen molar-refractivity contribution in [3.8, 4) is 11.5 Å². The molecule has 94 valence electrons. The first kappa shape index (κ1) is 12.3. The summed E-state index contributed by atoms with van der Waals surface area (Å²) in [6.07, 6.45) is 4.63. The van der Waals surface area contributed by atoms with E-state index in [9.17, 15) is 0 Å². The largest absolute Gasteiger partial charge is 0.490 e. The summed E-state index contributed by atoms with van der Waals surface area (Å²) in [6, 6.07) is 6.43. The standard InChI is InChI=1S/C15H22O2/c1-3-6-12(4-2)13-7-8-14-15(11-13)17-10-5-9-16-14/h7-8,11-12H,3-6,9-10H2,1-2H3. The van der Waals surface area contributed by atoms with Crippen LogP contribution < -0.4 is 9.47 Å². The van der Waals surface area contributed by atoms with Crippen LogP contribution in [-0.2, 0) is 0 Å². The van der Waals surface area contributed by atoms with Crippen LogP contribution in [0, 0.1) is 0 Å². The molecule has 2 rings (SSSR count). The van der Waals surface area contributed by atoms with E-state index in [1.807, 2.05) is 0 Å². The molecule has 1 aliphatic rings. The molecule has 0 saturated heterocycles. The van der Waals surface area contributed by atoms with Gasteiger partial charge in [0.1, 0.15) is 0 Å². The molecule has 1 heterocycles. The molecule has 0 aliphatic carbocycles. The molecule has 0 amide bonds. The van der Waals surface area contributed by atoms with Crippen molar-refractivity contribution in [3.63, 3.8) is 0 Å². The Morgan fingerprint density at radius 2 is 1.88 bits per heavy atom. The van der Waals surface area contributed by atoms with Crippen LogP contribution in [0.15, 0.2) is 18.2 Å². The lowest BCUT2D eigenvalue weighted by Gasteiger charge is -2.16. The van der Waals surface area contributed by atoms with E-state index in [0.29, 0.717) is 5.92 Å². The molecule has 1 aromatic carbocycles. The molecule has 0 bridgehead atoms. The van der Waals surface area contributed by atoms with Crippen molar-refractivity contribution in [2.24, 2.45) is 0 Å². The Hall–Kier alpha value is -1.18. The molecule has 0 fully saturated rings. The Morgan fingerprint density at radius 1 is 1.12 bits per heavy atom. The Balaban J connectivity index is 2.21. The minimum absolute atomic E-state index is 0.650. The van der Waals surface area contributed by atoms with Gasteiger partial charge in [0.2, 0.25) is 0 Å². The van der Waals surface area contributed by atoms with Gasteiger partial charge in [0.25, 0.3) is 0 Å². The molecule has 1 aromatic rings. The zero-order chi connectivity index (χ0) is 12.1. The summed E-state index contributed by atoms with van der Waals surface area (Å²) >= 11 is 0. The van der Waals surface area contributed by atoms with E-state index < -0.39 is 0 Å². The molecule has 0 N–H and O–H groups in total. The molecule has 0 spiro atoms. The normalized spacial score (nSPS) is 16.4. The van der Waals surface area contributed by atoms with Gasteiger partial charge >= 0.3 is 0 Å². The van der Waals surface area contributed by atoms with Crippen LogP contribution in [0.2, 0.25) is 0 Å². The Kier molecular flexibility index (Phi) is 4.29. The highest BCUT2D eigenvalue weighted by atomic mass is 16.5. The maximum atomic E-state index is 5.74. The predicted octanol–water partition coefficient (Wildman–Crippen LogP) is 4.14. The summed E-state index contributed by atoms with van der Waals surface area (Å²) in [5.41, 5.74) is 1.39. The highest BCUT2D eigenvalue weighted by molar-refractivity contribution is 5.44. The maximum Gasteiger partial charge on any atom is 0.161 e. The molecule has 0 saturated carbocycles. The van der Waals surface area contributed by atoms with Crippen molar-refractivity contribution < 1.29 is 9.47 Å². The van der Waals surface area contributed by atoms with Gasteiger partial charge in [0.15, 0.2) is 11.5 Å². The lowest BCUT2D eigenvalue weighted by atomic mass is 9.92. The number of fused-ring (bicyclic) bond motifs is 1. The third-order valence-corrected chi connectivity index (χ3v) is 3.37. The van der Waals surface area contributed by atoms with Crippen molar-refractivity contribution in [1.82, 2.24) is 0 Å². The van der Waals surface area contributed by atoms with Gasteiger partial charge in [-0.05, 0) is 36.5 Å². The minimum Gasteiger partial charge on any atom is -0.490 e. The van der Waals surface area contributed by atoms with Crippen LogP contribution in [0.3, 0.4) is 0 Å². The number of ether oxygens (including phenoxy) is 2. The molecule has 0 radical (unpaired) electrons.